The average molecular weight is 418 g/mol. The minimum absolute atomic E-state index is 0.194. The van der Waals surface area contributed by atoms with Crippen molar-refractivity contribution >= 4 is 33.9 Å². The maximum Gasteiger partial charge on any atom is 0.342 e. The number of aliphatic hydroxyl groups is 2. The highest BCUT2D eigenvalue weighted by Crippen LogP contribution is 2.33. The van der Waals surface area contributed by atoms with Crippen molar-refractivity contribution in [3.63, 3.8) is 0 Å². The fraction of sp³-hybridized carbons (Fsp3) is 0.250. The van der Waals surface area contributed by atoms with Crippen LogP contribution in [0.25, 0.3) is 21.9 Å². The predicted octanol–water partition coefficient (Wildman–Crippen LogP) is 0.962. The van der Waals surface area contributed by atoms with Crippen LogP contribution in [0.1, 0.15) is 26.3 Å². The Bertz CT molecular complexity index is 1220. The second kappa shape index (κ2) is 8.01. The largest absolute Gasteiger partial charge is 0.508 e. The number of methoxy groups -OCH3 is 1. The second-order valence-electron chi connectivity index (χ2n) is 6.52. The Morgan fingerprint density at radius 3 is 2.47 bits per heavy atom. The zero-order chi connectivity index (χ0) is 22.2. The first kappa shape index (κ1) is 21.1. The molecular weight excluding hydrogens is 400 g/mol. The third kappa shape index (κ3) is 3.53. The van der Waals surface area contributed by atoms with E-state index < -0.39 is 48.2 Å². The molecule has 2 aromatic carbocycles. The molecule has 10 nitrogen and oxygen atoms in total. The van der Waals surface area contributed by atoms with Crippen molar-refractivity contribution in [2.24, 2.45) is 0 Å². The van der Waals surface area contributed by atoms with Crippen LogP contribution >= 0.6 is 0 Å². The summed E-state index contributed by atoms with van der Waals surface area (Å²) in [6.45, 7) is 0.316. The molecular formula is C20H18O10. The summed E-state index contributed by atoms with van der Waals surface area (Å²) in [7, 11) is 1.11. The summed E-state index contributed by atoms with van der Waals surface area (Å²) in [5.74, 6) is -2.82. The molecule has 4 N–H and O–H groups in total. The first-order valence-corrected chi connectivity index (χ1v) is 8.70. The number of aryl methyl sites for hydroxylation is 1. The van der Waals surface area contributed by atoms with E-state index in [2.05, 4.69) is 0 Å². The lowest BCUT2D eigenvalue weighted by atomic mass is 9.98. The number of carbonyl (C=O) groups is 2. The van der Waals surface area contributed by atoms with E-state index in [0.717, 1.165) is 19.2 Å². The minimum atomic E-state index is -1.31. The van der Waals surface area contributed by atoms with Crippen LogP contribution in [0.4, 0.5) is 0 Å². The number of hydrogen-bond acceptors (Lipinski definition) is 10. The Balaban J connectivity index is 2.40. The van der Waals surface area contributed by atoms with Gasteiger partial charge in [-0.3, -0.25) is 4.79 Å². The Kier molecular flexibility index (Phi) is 5.63. The van der Waals surface area contributed by atoms with Gasteiger partial charge in [0.05, 0.1) is 24.7 Å². The second-order valence-corrected chi connectivity index (χ2v) is 6.52. The van der Waals surface area contributed by atoms with Crippen molar-refractivity contribution < 1.29 is 43.9 Å². The average Bonchev–Trinajstić information content (AvgIpc) is 2.69. The summed E-state index contributed by atoms with van der Waals surface area (Å²) < 4.78 is 15.3. The topological polar surface area (TPSA) is 164 Å². The summed E-state index contributed by atoms with van der Waals surface area (Å²) in [6, 6.07) is 3.25. The monoisotopic (exact) mass is 418 g/mol. The number of fused-ring (bicyclic) bond motifs is 2. The number of hydrogen-bond donors (Lipinski definition) is 4. The zero-order valence-electron chi connectivity index (χ0n) is 16.0. The lowest BCUT2D eigenvalue weighted by molar-refractivity contribution is 0.00933. The lowest BCUT2D eigenvalue weighted by Crippen LogP contribution is -2.23. The fourth-order valence-corrected chi connectivity index (χ4v) is 3.07. The molecule has 30 heavy (non-hydrogen) atoms. The van der Waals surface area contributed by atoms with Gasteiger partial charge in [-0.2, -0.15) is 0 Å². The first-order chi connectivity index (χ1) is 14.2. The van der Waals surface area contributed by atoms with Crippen molar-refractivity contribution in [2.75, 3.05) is 20.3 Å². The van der Waals surface area contributed by atoms with E-state index in [9.17, 15) is 29.7 Å². The Morgan fingerprint density at radius 1 is 1.13 bits per heavy atom. The summed E-state index contributed by atoms with van der Waals surface area (Å²) >= 11 is 0. The van der Waals surface area contributed by atoms with Crippen LogP contribution in [0.15, 0.2) is 27.4 Å². The van der Waals surface area contributed by atoms with Crippen molar-refractivity contribution in [2.45, 2.75) is 13.0 Å². The van der Waals surface area contributed by atoms with Crippen molar-refractivity contribution in [3.8, 4) is 11.5 Å². The van der Waals surface area contributed by atoms with Gasteiger partial charge in [-0.1, -0.05) is 0 Å². The number of benzene rings is 2. The quantitative estimate of drug-likeness (QED) is 0.346. The molecule has 3 aromatic rings. The van der Waals surface area contributed by atoms with E-state index in [1.165, 1.54) is 13.0 Å². The third-order valence-electron chi connectivity index (χ3n) is 4.44. The molecule has 0 aliphatic carbocycles. The number of aliphatic hydroxyl groups excluding tert-OH is 2. The molecule has 10 heteroatoms. The summed E-state index contributed by atoms with van der Waals surface area (Å²) in [5.41, 5.74) is -1.56. The highest BCUT2D eigenvalue weighted by atomic mass is 16.5. The zero-order valence-corrected chi connectivity index (χ0v) is 16.0. The Morgan fingerprint density at radius 2 is 1.83 bits per heavy atom. The van der Waals surface area contributed by atoms with Gasteiger partial charge in [-0.15, -0.1) is 0 Å². The van der Waals surface area contributed by atoms with Crippen LogP contribution in [0, 0.1) is 6.92 Å². The number of esters is 2. The van der Waals surface area contributed by atoms with Gasteiger partial charge in [0.1, 0.15) is 40.7 Å². The molecule has 1 atom stereocenters. The molecule has 1 heterocycles. The molecule has 1 aromatic heterocycles. The molecule has 158 valence electrons. The van der Waals surface area contributed by atoms with Gasteiger partial charge < -0.3 is 34.3 Å². The van der Waals surface area contributed by atoms with Gasteiger partial charge >= 0.3 is 11.9 Å². The molecule has 0 aliphatic heterocycles. The van der Waals surface area contributed by atoms with Gasteiger partial charge in [-0.25, -0.2) is 9.59 Å². The van der Waals surface area contributed by atoms with E-state index in [0.29, 0.717) is 0 Å². The third-order valence-corrected chi connectivity index (χ3v) is 4.44. The number of phenols is 2. The number of ether oxygens (including phenoxy) is 2. The van der Waals surface area contributed by atoms with E-state index in [-0.39, 0.29) is 38.6 Å². The summed E-state index contributed by atoms with van der Waals surface area (Å²) in [4.78, 5) is 38.0. The Labute approximate surface area is 168 Å². The fourth-order valence-electron chi connectivity index (χ4n) is 3.07. The number of aromatic hydroxyl groups is 2. The van der Waals surface area contributed by atoms with Crippen molar-refractivity contribution in [1.29, 1.82) is 0 Å². The van der Waals surface area contributed by atoms with Gasteiger partial charge in [-0.05, 0) is 18.6 Å². The SMILES string of the molecule is COC(=O)c1cc(C)c(C(=O)OCC(O)CO)c2oc3cc(O)cc(O)c3c(=O)c12. The summed E-state index contributed by atoms with van der Waals surface area (Å²) in [6.07, 6.45) is -1.31. The molecule has 1 unspecified atom stereocenters. The van der Waals surface area contributed by atoms with E-state index >= 15 is 0 Å². The number of carbonyl (C=O) groups excluding carboxylic acids is 2. The van der Waals surface area contributed by atoms with Crippen LogP contribution in [0.3, 0.4) is 0 Å². The molecule has 0 fully saturated rings. The standard InChI is InChI=1S/C20H18O10/c1-8-3-11(19(26)28-2)15-17(25)16-12(24)4-9(22)5-13(16)30-18(15)14(8)20(27)29-7-10(23)6-21/h3-5,10,21-24H,6-7H2,1-2H3. The van der Waals surface area contributed by atoms with E-state index in [1.807, 2.05) is 0 Å². The number of rotatable bonds is 5. The van der Waals surface area contributed by atoms with Crippen LogP contribution in [0.5, 0.6) is 11.5 Å². The molecule has 0 saturated carbocycles. The van der Waals surface area contributed by atoms with Crippen molar-refractivity contribution in [3.05, 3.63) is 45.1 Å². The van der Waals surface area contributed by atoms with Gasteiger partial charge in [0.15, 0.2) is 5.58 Å². The van der Waals surface area contributed by atoms with E-state index in [1.54, 1.807) is 0 Å². The van der Waals surface area contributed by atoms with Crippen LogP contribution in [-0.4, -0.2) is 58.8 Å². The van der Waals surface area contributed by atoms with E-state index in [4.69, 9.17) is 19.0 Å². The molecule has 3 rings (SSSR count). The molecule has 0 aliphatic rings. The number of phenolic OH excluding ortho intramolecular Hbond substituents is 2. The maximum atomic E-state index is 13.1. The Hall–Kier alpha value is -3.63. The molecule has 0 amide bonds. The minimum Gasteiger partial charge on any atom is -0.508 e. The van der Waals surface area contributed by atoms with Gasteiger partial charge in [0, 0.05) is 12.1 Å². The van der Waals surface area contributed by atoms with Crippen molar-refractivity contribution in [1.82, 2.24) is 0 Å². The van der Waals surface area contributed by atoms with Crippen LogP contribution in [0.2, 0.25) is 0 Å². The van der Waals surface area contributed by atoms with Crippen LogP contribution in [-0.2, 0) is 9.47 Å². The van der Waals surface area contributed by atoms with Gasteiger partial charge in [0.25, 0.3) is 0 Å². The molecule has 0 bridgehead atoms. The molecule has 0 spiro atoms. The normalized spacial score (nSPS) is 12.1. The highest BCUT2D eigenvalue weighted by molar-refractivity contribution is 6.13. The highest BCUT2D eigenvalue weighted by Gasteiger charge is 2.27. The van der Waals surface area contributed by atoms with Gasteiger partial charge in [0.2, 0.25) is 5.43 Å². The van der Waals surface area contributed by atoms with Crippen LogP contribution < -0.4 is 5.43 Å². The predicted molar refractivity (Wildman–Crippen MR) is 103 cm³/mol. The molecule has 0 radical (unpaired) electrons. The maximum absolute atomic E-state index is 13.1. The smallest absolute Gasteiger partial charge is 0.342 e. The molecule has 0 saturated heterocycles. The lowest BCUT2D eigenvalue weighted by Gasteiger charge is -2.14. The summed E-state index contributed by atoms with van der Waals surface area (Å²) in [5, 5.41) is 37.5. The first-order valence-electron chi connectivity index (χ1n) is 8.70.